The number of fused-ring (bicyclic) bond motifs is 2. The van der Waals surface area contributed by atoms with Crippen molar-refractivity contribution in [3.63, 3.8) is 0 Å². The van der Waals surface area contributed by atoms with Gasteiger partial charge in [-0.15, -0.1) is 12.4 Å². The molecule has 3 heterocycles. The van der Waals surface area contributed by atoms with E-state index in [-0.39, 0.29) is 18.3 Å². The molecule has 1 amide bonds. The first-order valence-electron chi connectivity index (χ1n) is 9.72. The molecule has 1 aromatic carbocycles. The smallest absolute Gasteiger partial charge is 0.226 e. The predicted octanol–water partition coefficient (Wildman–Crippen LogP) is 2.84. The summed E-state index contributed by atoms with van der Waals surface area (Å²) in [5.41, 5.74) is 0.883. The Labute approximate surface area is 171 Å². The van der Waals surface area contributed by atoms with Crippen LogP contribution in [0.25, 0.3) is 11.4 Å². The van der Waals surface area contributed by atoms with Gasteiger partial charge >= 0.3 is 0 Å². The van der Waals surface area contributed by atoms with Crippen LogP contribution in [0.3, 0.4) is 0 Å². The third-order valence-electron chi connectivity index (χ3n) is 5.47. The summed E-state index contributed by atoms with van der Waals surface area (Å²) in [5.74, 6) is 2.16. The average molecular weight is 407 g/mol. The molecular formula is C20H27ClN4O3. The van der Waals surface area contributed by atoms with Crippen molar-refractivity contribution in [1.29, 1.82) is 0 Å². The number of aryl methyl sites for hydroxylation is 1. The number of hydrogen-bond acceptors (Lipinski definition) is 6. The highest BCUT2D eigenvalue weighted by molar-refractivity contribution is 5.85. The molecule has 7 nitrogen and oxygen atoms in total. The third-order valence-corrected chi connectivity index (χ3v) is 5.47. The second kappa shape index (κ2) is 9.39. The molecule has 0 saturated carbocycles. The van der Waals surface area contributed by atoms with Gasteiger partial charge in [0.05, 0.1) is 7.11 Å². The van der Waals surface area contributed by atoms with E-state index in [1.54, 1.807) is 7.11 Å². The first-order valence-corrected chi connectivity index (χ1v) is 9.72. The van der Waals surface area contributed by atoms with E-state index in [9.17, 15) is 4.79 Å². The number of nitrogens with zero attached hydrogens (tertiary/aromatic N) is 3. The van der Waals surface area contributed by atoms with E-state index < -0.39 is 0 Å². The Kier molecular flexibility index (Phi) is 6.91. The SMILES string of the molecule is COc1ccc(-c2noc(CCCC(=O)N3CCC4CCC(C3)N4)n2)cc1.Cl. The number of carbonyl (C=O) groups excluding carboxylic acids is 1. The zero-order valence-electron chi connectivity index (χ0n) is 16.1. The van der Waals surface area contributed by atoms with Crippen LogP contribution >= 0.6 is 12.4 Å². The van der Waals surface area contributed by atoms with Gasteiger partial charge in [-0.3, -0.25) is 4.79 Å². The van der Waals surface area contributed by atoms with Crippen LogP contribution in [-0.4, -0.2) is 53.2 Å². The minimum atomic E-state index is 0. The number of hydrogen-bond donors (Lipinski definition) is 1. The molecule has 0 spiro atoms. The van der Waals surface area contributed by atoms with Crippen molar-refractivity contribution in [1.82, 2.24) is 20.4 Å². The highest BCUT2D eigenvalue weighted by Gasteiger charge is 2.30. The van der Waals surface area contributed by atoms with Crippen LogP contribution in [-0.2, 0) is 11.2 Å². The molecular weight excluding hydrogens is 380 g/mol. The Morgan fingerprint density at radius 3 is 2.82 bits per heavy atom. The molecule has 2 aliphatic heterocycles. The van der Waals surface area contributed by atoms with Gasteiger partial charge < -0.3 is 19.5 Å². The number of methoxy groups -OCH3 is 1. The molecule has 28 heavy (non-hydrogen) atoms. The highest BCUT2D eigenvalue weighted by atomic mass is 35.5. The number of carbonyl (C=O) groups is 1. The molecule has 152 valence electrons. The molecule has 8 heteroatoms. The minimum absolute atomic E-state index is 0. The van der Waals surface area contributed by atoms with Crippen molar-refractivity contribution >= 4 is 18.3 Å². The molecule has 2 aromatic rings. The molecule has 4 rings (SSSR count). The van der Waals surface area contributed by atoms with Crippen molar-refractivity contribution in [2.24, 2.45) is 0 Å². The lowest BCUT2D eigenvalue weighted by Crippen LogP contribution is -2.38. The molecule has 0 radical (unpaired) electrons. The van der Waals surface area contributed by atoms with Crippen molar-refractivity contribution in [2.75, 3.05) is 20.2 Å². The van der Waals surface area contributed by atoms with Crippen LogP contribution in [0, 0.1) is 0 Å². The van der Waals surface area contributed by atoms with E-state index in [1.165, 1.54) is 12.8 Å². The topological polar surface area (TPSA) is 80.5 Å². The molecule has 0 aliphatic carbocycles. The average Bonchev–Trinajstić information content (AvgIpc) is 3.28. The summed E-state index contributed by atoms with van der Waals surface area (Å²) < 4.78 is 10.5. The molecule has 1 N–H and O–H groups in total. The molecule has 1 aromatic heterocycles. The molecule has 2 unspecified atom stereocenters. The van der Waals surface area contributed by atoms with Crippen LogP contribution < -0.4 is 10.1 Å². The standard InChI is InChI=1S/C20H26N4O3.ClH/c1-26-17-9-5-14(6-10-17)20-22-18(27-23-20)3-2-4-19(25)24-12-11-15-7-8-16(13-24)21-15;/h5-6,9-10,15-16,21H,2-4,7-8,11-13H2,1H3;1H. The van der Waals surface area contributed by atoms with Crippen LogP contribution in [0.2, 0.25) is 0 Å². The number of nitrogens with one attached hydrogen (secondary N) is 1. The van der Waals surface area contributed by atoms with Crippen molar-refractivity contribution in [3.8, 4) is 17.1 Å². The summed E-state index contributed by atoms with van der Waals surface area (Å²) in [6.07, 6.45) is 5.37. The van der Waals surface area contributed by atoms with E-state index in [0.29, 0.717) is 36.6 Å². The largest absolute Gasteiger partial charge is 0.497 e. The Morgan fingerprint density at radius 2 is 2.04 bits per heavy atom. The second-order valence-electron chi connectivity index (χ2n) is 7.36. The maximum absolute atomic E-state index is 12.5. The van der Waals surface area contributed by atoms with Gasteiger partial charge in [0.25, 0.3) is 0 Å². The van der Waals surface area contributed by atoms with Gasteiger partial charge in [-0.05, 0) is 49.9 Å². The zero-order chi connectivity index (χ0) is 18.6. The van der Waals surface area contributed by atoms with E-state index in [1.807, 2.05) is 29.2 Å². The summed E-state index contributed by atoms with van der Waals surface area (Å²) in [6.45, 7) is 1.71. The van der Waals surface area contributed by atoms with Gasteiger partial charge in [0.15, 0.2) is 0 Å². The van der Waals surface area contributed by atoms with E-state index in [0.717, 1.165) is 37.2 Å². The fourth-order valence-electron chi connectivity index (χ4n) is 3.93. The van der Waals surface area contributed by atoms with Gasteiger partial charge in [0, 0.05) is 43.6 Å². The number of rotatable bonds is 6. The lowest BCUT2D eigenvalue weighted by atomic mass is 10.1. The maximum Gasteiger partial charge on any atom is 0.226 e. The number of aromatic nitrogens is 2. The second-order valence-corrected chi connectivity index (χ2v) is 7.36. The fourth-order valence-corrected chi connectivity index (χ4v) is 3.93. The van der Waals surface area contributed by atoms with Crippen molar-refractivity contribution < 1.29 is 14.1 Å². The van der Waals surface area contributed by atoms with Crippen molar-refractivity contribution in [2.45, 2.75) is 50.6 Å². The van der Waals surface area contributed by atoms with E-state index >= 15 is 0 Å². The first-order chi connectivity index (χ1) is 13.2. The Balaban J connectivity index is 0.00000225. The number of benzene rings is 1. The minimum Gasteiger partial charge on any atom is -0.497 e. The monoisotopic (exact) mass is 406 g/mol. The summed E-state index contributed by atoms with van der Waals surface area (Å²) in [5, 5.41) is 7.65. The lowest BCUT2D eigenvalue weighted by molar-refractivity contribution is -0.131. The Bertz CT molecular complexity index is 780. The van der Waals surface area contributed by atoms with E-state index in [4.69, 9.17) is 9.26 Å². The normalized spacial score (nSPS) is 21.1. The van der Waals surface area contributed by atoms with Crippen LogP contribution in [0.1, 0.15) is 38.0 Å². The van der Waals surface area contributed by atoms with E-state index in [2.05, 4.69) is 15.5 Å². The molecule has 2 saturated heterocycles. The van der Waals surface area contributed by atoms with Gasteiger partial charge in [-0.1, -0.05) is 5.16 Å². The summed E-state index contributed by atoms with van der Waals surface area (Å²) in [7, 11) is 1.63. The van der Waals surface area contributed by atoms with Crippen LogP contribution in [0.5, 0.6) is 5.75 Å². The predicted molar refractivity (Wildman–Crippen MR) is 108 cm³/mol. The summed E-state index contributed by atoms with van der Waals surface area (Å²) in [6, 6.07) is 8.61. The summed E-state index contributed by atoms with van der Waals surface area (Å²) >= 11 is 0. The summed E-state index contributed by atoms with van der Waals surface area (Å²) in [4.78, 5) is 19.0. The maximum atomic E-state index is 12.5. The third kappa shape index (κ3) is 4.83. The zero-order valence-corrected chi connectivity index (χ0v) is 16.9. The fraction of sp³-hybridized carbons (Fsp3) is 0.550. The number of ether oxygens (including phenoxy) is 1. The Morgan fingerprint density at radius 1 is 1.25 bits per heavy atom. The van der Waals surface area contributed by atoms with Gasteiger partial charge in [-0.25, -0.2) is 0 Å². The molecule has 2 atom stereocenters. The molecule has 2 bridgehead atoms. The van der Waals surface area contributed by atoms with Gasteiger partial charge in [0.2, 0.25) is 17.6 Å². The number of likely N-dealkylation sites (tertiary alicyclic amines) is 1. The number of amides is 1. The lowest BCUT2D eigenvalue weighted by Gasteiger charge is -2.24. The highest BCUT2D eigenvalue weighted by Crippen LogP contribution is 2.22. The molecule has 2 fully saturated rings. The van der Waals surface area contributed by atoms with Crippen LogP contribution in [0.4, 0.5) is 0 Å². The number of halogens is 1. The first kappa shape index (κ1) is 20.6. The molecule has 2 aliphatic rings. The van der Waals surface area contributed by atoms with Crippen molar-refractivity contribution in [3.05, 3.63) is 30.2 Å². The van der Waals surface area contributed by atoms with Gasteiger partial charge in [-0.2, -0.15) is 4.98 Å². The van der Waals surface area contributed by atoms with Gasteiger partial charge in [0.1, 0.15) is 5.75 Å². The van der Waals surface area contributed by atoms with Crippen LogP contribution in [0.15, 0.2) is 28.8 Å². The Hall–Kier alpha value is -2.12. The quantitative estimate of drug-likeness (QED) is 0.794.